The third-order valence-corrected chi connectivity index (χ3v) is 4.78. The minimum atomic E-state index is -0.195. The Balaban J connectivity index is 2.12. The van der Waals surface area contributed by atoms with Crippen LogP contribution in [0.4, 0.5) is 5.13 Å². The summed E-state index contributed by atoms with van der Waals surface area (Å²) < 4.78 is 0.883. The smallest absolute Gasteiger partial charge is 0.258 e. The molecule has 0 unspecified atom stereocenters. The molecule has 0 fully saturated rings. The van der Waals surface area contributed by atoms with Gasteiger partial charge in [0.25, 0.3) is 5.91 Å². The van der Waals surface area contributed by atoms with Crippen molar-refractivity contribution in [2.45, 2.75) is 26.2 Å². The van der Waals surface area contributed by atoms with Crippen LogP contribution in [-0.4, -0.2) is 15.8 Å². The highest BCUT2D eigenvalue weighted by atomic mass is 79.9. The molecule has 0 radical (unpaired) electrons. The molecule has 2 rings (SSSR count). The SMILES string of the molecule is CC(C)c1cnc(NC(=O)C2=CC(Br)=CCC2=S)s1. The molecule has 19 heavy (non-hydrogen) atoms. The highest BCUT2D eigenvalue weighted by Gasteiger charge is 2.18. The van der Waals surface area contributed by atoms with E-state index < -0.39 is 0 Å². The van der Waals surface area contributed by atoms with Crippen molar-refractivity contribution < 1.29 is 4.79 Å². The summed E-state index contributed by atoms with van der Waals surface area (Å²) in [6, 6.07) is 0. The number of amides is 1. The lowest BCUT2D eigenvalue weighted by Gasteiger charge is -2.11. The quantitative estimate of drug-likeness (QED) is 0.825. The first-order chi connectivity index (χ1) is 8.97. The van der Waals surface area contributed by atoms with Crippen LogP contribution in [0.1, 0.15) is 31.1 Å². The summed E-state index contributed by atoms with van der Waals surface area (Å²) in [5.41, 5.74) is 0.533. The van der Waals surface area contributed by atoms with Gasteiger partial charge in [-0.1, -0.05) is 48.1 Å². The lowest BCUT2D eigenvalue weighted by Crippen LogP contribution is -2.20. The van der Waals surface area contributed by atoms with Crippen LogP contribution in [0.5, 0.6) is 0 Å². The van der Waals surface area contributed by atoms with Crippen LogP contribution in [0, 0.1) is 0 Å². The monoisotopic (exact) mass is 356 g/mol. The highest BCUT2D eigenvalue weighted by molar-refractivity contribution is 9.11. The third-order valence-electron chi connectivity index (χ3n) is 2.62. The summed E-state index contributed by atoms with van der Waals surface area (Å²) >= 11 is 10.1. The maximum absolute atomic E-state index is 12.2. The normalized spacial score (nSPS) is 15.3. The van der Waals surface area contributed by atoms with Gasteiger partial charge in [0.1, 0.15) is 0 Å². The molecule has 0 bridgehead atoms. The molecule has 1 heterocycles. The van der Waals surface area contributed by atoms with Gasteiger partial charge in [-0.25, -0.2) is 4.98 Å². The van der Waals surface area contributed by atoms with Gasteiger partial charge in [0.2, 0.25) is 0 Å². The van der Waals surface area contributed by atoms with Crippen LogP contribution < -0.4 is 5.32 Å². The third kappa shape index (κ3) is 3.58. The van der Waals surface area contributed by atoms with Gasteiger partial charge in [-0.15, -0.1) is 11.3 Å². The highest BCUT2D eigenvalue weighted by Crippen LogP contribution is 2.26. The zero-order chi connectivity index (χ0) is 14.0. The van der Waals surface area contributed by atoms with Crippen molar-refractivity contribution >= 4 is 55.4 Å². The van der Waals surface area contributed by atoms with E-state index in [4.69, 9.17) is 12.2 Å². The maximum atomic E-state index is 12.2. The summed E-state index contributed by atoms with van der Waals surface area (Å²) in [4.78, 5) is 18.2. The van der Waals surface area contributed by atoms with E-state index in [1.54, 1.807) is 12.3 Å². The number of nitrogens with zero attached hydrogens (tertiary/aromatic N) is 1. The number of aromatic nitrogens is 1. The van der Waals surface area contributed by atoms with Gasteiger partial charge >= 0.3 is 0 Å². The van der Waals surface area contributed by atoms with E-state index in [0.717, 1.165) is 9.36 Å². The Morgan fingerprint density at radius 3 is 2.95 bits per heavy atom. The summed E-state index contributed by atoms with van der Waals surface area (Å²) in [5, 5.41) is 3.42. The largest absolute Gasteiger partial charge is 0.298 e. The van der Waals surface area contributed by atoms with E-state index in [0.29, 0.717) is 27.9 Å². The Bertz CT molecular complexity index is 587. The Labute approximate surface area is 129 Å². The topological polar surface area (TPSA) is 42.0 Å². The van der Waals surface area contributed by atoms with Gasteiger partial charge in [-0.3, -0.25) is 10.1 Å². The molecule has 1 N–H and O–H groups in total. The summed E-state index contributed by atoms with van der Waals surface area (Å²) in [5.74, 6) is 0.218. The lowest BCUT2D eigenvalue weighted by molar-refractivity contribution is -0.112. The summed E-state index contributed by atoms with van der Waals surface area (Å²) in [6.07, 6.45) is 6.11. The van der Waals surface area contributed by atoms with Crippen molar-refractivity contribution in [3.05, 3.63) is 33.3 Å². The van der Waals surface area contributed by atoms with E-state index in [1.165, 1.54) is 11.3 Å². The van der Waals surface area contributed by atoms with Gasteiger partial charge in [0.05, 0.1) is 5.57 Å². The van der Waals surface area contributed by atoms with Gasteiger partial charge in [0, 0.05) is 26.8 Å². The number of allylic oxidation sites excluding steroid dienone is 3. The van der Waals surface area contributed by atoms with Crippen LogP contribution in [0.2, 0.25) is 0 Å². The standard InChI is InChI=1S/C13H13BrN2OS2/c1-7(2)11-6-15-13(19-11)16-12(17)9-5-8(14)3-4-10(9)18/h3,5-7H,4H2,1-2H3,(H,15,16,17). The van der Waals surface area contributed by atoms with Gasteiger partial charge in [0.15, 0.2) is 5.13 Å². The molecule has 0 saturated carbocycles. The second-order valence-corrected chi connectivity index (χ2v) is 6.92. The van der Waals surface area contributed by atoms with Crippen molar-refractivity contribution in [3.8, 4) is 0 Å². The fraction of sp³-hybridized carbons (Fsp3) is 0.308. The predicted molar refractivity (Wildman–Crippen MR) is 87.1 cm³/mol. The first-order valence-electron chi connectivity index (χ1n) is 5.85. The van der Waals surface area contributed by atoms with Crippen molar-refractivity contribution in [3.63, 3.8) is 0 Å². The number of carbonyl (C=O) groups is 1. The van der Waals surface area contributed by atoms with Crippen molar-refractivity contribution in [1.29, 1.82) is 0 Å². The van der Waals surface area contributed by atoms with Crippen LogP contribution in [0.25, 0.3) is 0 Å². The predicted octanol–water partition coefficient (Wildman–Crippen LogP) is 4.18. The molecule has 100 valence electrons. The van der Waals surface area contributed by atoms with E-state index in [2.05, 4.69) is 40.1 Å². The molecule has 3 nitrogen and oxygen atoms in total. The first-order valence-corrected chi connectivity index (χ1v) is 7.86. The summed E-state index contributed by atoms with van der Waals surface area (Å²) in [7, 11) is 0. The molecule has 6 heteroatoms. The molecule has 0 saturated heterocycles. The van der Waals surface area contributed by atoms with Crippen LogP contribution in [-0.2, 0) is 4.79 Å². The molecule has 0 aromatic carbocycles. The van der Waals surface area contributed by atoms with Crippen LogP contribution in [0.3, 0.4) is 0 Å². The first kappa shape index (κ1) is 14.6. The van der Waals surface area contributed by atoms with E-state index in [1.807, 2.05) is 6.08 Å². The zero-order valence-electron chi connectivity index (χ0n) is 10.6. The van der Waals surface area contributed by atoms with E-state index in [-0.39, 0.29) is 5.91 Å². The number of rotatable bonds is 3. The molecular formula is C13H13BrN2OS2. The second kappa shape index (κ2) is 6.07. The molecular weight excluding hydrogens is 344 g/mol. The lowest BCUT2D eigenvalue weighted by atomic mass is 10.0. The number of halogens is 1. The number of nitrogens with one attached hydrogen (secondary N) is 1. The fourth-order valence-electron chi connectivity index (χ4n) is 1.55. The van der Waals surface area contributed by atoms with Gasteiger partial charge in [-0.05, 0) is 12.0 Å². The average molecular weight is 357 g/mol. The van der Waals surface area contributed by atoms with Crippen LogP contribution in [0.15, 0.2) is 28.4 Å². The van der Waals surface area contributed by atoms with E-state index in [9.17, 15) is 4.79 Å². The molecule has 1 aromatic rings. The summed E-state index contributed by atoms with van der Waals surface area (Å²) in [6.45, 7) is 4.19. The minimum absolute atomic E-state index is 0.195. The van der Waals surface area contributed by atoms with Crippen molar-refractivity contribution in [1.82, 2.24) is 4.98 Å². The maximum Gasteiger partial charge on any atom is 0.258 e. The Kier molecular flexibility index (Phi) is 4.65. The molecule has 1 aliphatic carbocycles. The zero-order valence-corrected chi connectivity index (χ0v) is 13.8. The number of hydrogen-bond acceptors (Lipinski definition) is 4. The fourth-order valence-corrected chi connectivity index (χ4v) is 2.98. The second-order valence-electron chi connectivity index (χ2n) is 4.45. The minimum Gasteiger partial charge on any atom is -0.298 e. The number of anilines is 1. The molecule has 0 atom stereocenters. The van der Waals surface area contributed by atoms with E-state index >= 15 is 0 Å². The van der Waals surface area contributed by atoms with Gasteiger partial charge in [-0.2, -0.15) is 0 Å². The Morgan fingerprint density at radius 2 is 2.32 bits per heavy atom. The Hall–Kier alpha value is -0.850. The molecule has 0 aliphatic heterocycles. The Morgan fingerprint density at radius 1 is 1.58 bits per heavy atom. The average Bonchev–Trinajstić information content (AvgIpc) is 2.80. The number of thiazole rings is 1. The van der Waals surface area contributed by atoms with Crippen LogP contribution >= 0.6 is 39.5 Å². The molecule has 1 amide bonds. The van der Waals surface area contributed by atoms with Gasteiger partial charge < -0.3 is 0 Å². The van der Waals surface area contributed by atoms with Crippen molar-refractivity contribution in [2.75, 3.05) is 5.32 Å². The molecule has 0 spiro atoms. The molecule has 1 aliphatic rings. The number of thiocarbonyl (C=S) groups is 1. The molecule has 1 aromatic heterocycles. The van der Waals surface area contributed by atoms with Crippen molar-refractivity contribution in [2.24, 2.45) is 0 Å². The number of carbonyl (C=O) groups excluding carboxylic acids is 1. The number of hydrogen-bond donors (Lipinski definition) is 1.